The molecule has 2 saturated heterocycles. The van der Waals surface area contributed by atoms with E-state index in [0.717, 1.165) is 0 Å². The predicted molar refractivity (Wildman–Crippen MR) is 67.0 cm³/mol. The lowest BCUT2D eigenvalue weighted by Gasteiger charge is -2.26. The topological polar surface area (TPSA) is 115 Å². The lowest BCUT2D eigenvalue weighted by molar-refractivity contribution is -0.107. The smallest absolute Gasteiger partial charge is 0.173 e. The molecule has 8 nitrogen and oxygen atoms in total. The van der Waals surface area contributed by atoms with E-state index in [9.17, 15) is 15.3 Å². The summed E-state index contributed by atoms with van der Waals surface area (Å²) in [6, 6.07) is 0. The van der Waals surface area contributed by atoms with Gasteiger partial charge in [-0.1, -0.05) is 0 Å². The Morgan fingerprint density at radius 1 is 1.53 bits per heavy atom. The number of nitrogens with zero attached hydrogens (tertiary/aromatic N) is 1. The van der Waals surface area contributed by atoms with Crippen molar-refractivity contribution in [2.45, 2.75) is 36.9 Å². The van der Waals surface area contributed by atoms with Gasteiger partial charge in [0, 0.05) is 7.11 Å². The maximum Gasteiger partial charge on any atom is 0.173 e. The van der Waals surface area contributed by atoms with Gasteiger partial charge in [-0.3, -0.25) is 0 Å². The van der Waals surface area contributed by atoms with E-state index in [4.69, 9.17) is 26.8 Å². The second kappa shape index (κ2) is 5.83. The molecular formula is C10H18N2O6S. The molecule has 2 aliphatic rings. The van der Waals surface area contributed by atoms with E-state index < -0.39 is 37.3 Å². The average Bonchev–Trinajstić information content (AvgIpc) is 2.91. The highest BCUT2D eigenvalue weighted by atomic mass is 32.1. The highest BCUT2D eigenvalue weighted by Crippen LogP contribution is 2.27. The molecule has 0 radical (unpaired) electrons. The van der Waals surface area contributed by atoms with E-state index >= 15 is 0 Å². The molecule has 0 aromatic carbocycles. The summed E-state index contributed by atoms with van der Waals surface area (Å²) in [5.41, 5.74) is 0. The minimum Gasteiger partial charge on any atom is -0.394 e. The molecular weight excluding hydrogens is 276 g/mol. The van der Waals surface area contributed by atoms with E-state index in [2.05, 4.69) is 5.32 Å². The van der Waals surface area contributed by atoms with Gasteiger partial charge in [0.1, 0.15) is 30.6 Å². The molecule has 110 valence electrons. The Morgan fingerprint density at radius 3 is 2.74 bits per heavy atom. The third-order valence-corrected chi connectivity index (χ3v) is 3.69. The minimum absolute atomic E-state index is 0.317. The maximum absolute atomic E-state index is 9.97. The summed E-state index contributed by atoms with van der Waals surface area (Å²) < 4.78 is 10.5. The normalized spacial score (nSPS) is 40.6. The van der Waals surface area contributed by atoms with E-state index in [0.29, 0.717) is 11.7 Å². The van der Waals surface area contributed by atoms with Crippen LogP contribution in [0.25, 0.3) is 0 Å². The maximum atomic E-state index is 9.97. The van der Waals surface area contributed by atoms with Gasteiger partial charge in [0.25, 0.3) is 0 Å². The molecule has 9 heteroatoms. The van der Waals surface area contributed by atoms with Crippen LogP contribution in [0.2, 0.25) is 0 Å². The number of rotatable bonds is 4. The van der Waals surface area contributed by atoms with Crippen LogP contribution >= 0.6 is 12.2 Å². The van der Waals surface area contributed by atoms with Crippen molar-refractivity contribution < 1.29 is 29.9 Å². The molecule has 2 fully saturated rings. The van der Waals surface area contributed by atoms with Crippen LogP contribution in [0, 0.1) is 0 Å². The average molecular weight is 294 g/mol. The van der Waals surface area contributed by atoms with Crippen LogP contribution in [-0.4, -0.2) is 87.6 Å². The second-order valence-electron chi connectivity index (χ2n) is 4.55. The Morgan fingerprint density at radius 2 is 2.21 bits per heavy atom. The number of methoxy groups -OCH3 is 1. The number of nitrogens with one attached hydrogen (secondary N) is 1. The Balaban J connectivity index is 2.07. The molecule has 0 aliphatic carbocycles. The fourth-order valence-corrected chi connectivity index (χ4v) is 2.56. The zero-order valence-electron chi connectivity index (χ0n) is 10.3. The first-order valence-electron chi connectivity index (χ1n) is 5.90. The second-order valence-corrected chi connectivity index (χ2v) is 4.94. The van der Waals surface area contributed by atoms with E-state index in [1.807, 2.05) is 0 Å². The highest BCUT2D eigenvalue weighted by molar-refractivity contribution is 7.80. The third kappa shape index (κ3) is 2.68. The monoisotopic (exact) mass is 294 g/mol. The third-order valence-electron chi connectivity index (χ3n) is 3.34. The lowest BCUT2D eigenvalue weighted by Crippen LogP contribution is -2.45. The molecule has 0 bridgehead atoms. The van der Waals surface area contributed by atoms with E-state index in [1.54, 1.807) is 4.90 Å². The van der Waals surface area contributed by atoms with Crippen LogP contribution in [0.4, 0.5) is 0 Å². The summed E-state index contributed by atoms with van der Waals surface area (Å²) in [4.78, 5) is 1.54. The summed E-state index contributed by atoms with van der Waals surface area (Å²) in [5.74, 6) is 0. The van der Waals surface area contributed by atoms with Crippen LogP contribution in [-0.2, 0) is 9.47 Å². The zero-order valence-corrected chi connectivity index (χ0v) is 11.2. The molecule has 0 aromatic heterocycles. The number of ether oxygens (including phenoxy) is 2. The summed E-state index contributed by atoms with van der Waals surface area (Å²) >= 11 is 5.09. The largest absolute Gasteiger partial charge is 0.394 e. The Kier molecular flexibility index (Phi) is 4.56. The summed E-state index contributed by atoms with van der Waals surface area (Å²) in [7, 11) is 1.52. The van der Waals surface area contributed by atoms with Gasteiger partial charge in [-0.15, -0.1) is 0 Å². The Labute approximate surface area is 115 Å². The first kappa shape index (κ1) is 14.9. The summed E-state index contributed by atoms with van der Waals surface area (Å²) in [6.07, 6.45) is -6.06. The van der Waals surface area contributed by atoms with Gasteiger partial charge in [0.2, 0.25) is 0 Å². The zero-order chi connectivity index (χ0) is 14.2. The molecule has 2 heterocycles. The number of aliphatic hydroxyl groups is 4. The van der Waals surface area contributed by atoms with Crippen LogP contribution in [0.1, 0.15) is 0 Å². The van der Waals surface area contributed by atoms with Crippen molar-refractivity contribution in [1.29, 1.82) is 0 Å². The minimum atomic E-state index is -1.29. The molecule has 2 rings (SSSR count). The van der Waals surface area contributed by atoms with Gasteiger partial charge < -0.3 is 40.1 Å². The lowest BCUT2D eigenvalue weighted by atomic mass is 10.1. The summed E-state index contributed by atoms with van der Waals surface area (Å²) in [5, 5.41) is 41.4. The number of hydrogen-bond acceptors (Lipinski definition) is 7. The van der Waals surface area contributed by atoms with Gasteiger partial charge in [-0.2, -0.15) is 0 Å². The number of aliphatic hydroxyl groups excluding tert-OH is 4. The molecule has 0 amide bonds. The number of hydrogen-bond donors (Lipinski definition) is 5. The quantitative estimate of drug-likeness (QED) is 0.345. The van der Waals surface area contributed by atoms with Crippen molar-refractivity contribution in [3.63, 3.8) is 0 Å². The molecule has 0 spiro atoms. The van der Waals surface area contributed by atoms with Gasteiger partial charge >= 0.3 is 0 Å². The first-order valence-corrected chi connectivity index (χ1v) is 6.31. The van der Waals surface area contributed by atoms with Crippen molar-refractivity contribution in [2.24, 2.45) is 0 Å². The molecule has 5 N–H and O–H groups in total. The SMILES string of the molecule is COC1CN([C@@H]2O[C@@H]([C@H](O)CO)[C@H](O)[C@H]2O)C(=S)N1. The van der Waals surface area contributed by atoms with Crippen molar-refractivity contribution in [3.05, 3.63) is 0 Å². The standard InChI is InChI=1S/C10H18N2O6S/c1-17-5-2-12(10(19)11-5)9-7(16)6(15)8(18-9)4(14)3-13/h4-9,13-16H,2-3H2,1H3,(H,11,19)/t4-,5?,6-,7-,8+,9-/m1/s1. The molecule has 0 aromatic rings. The van der Waals surface area contributed by atoms with Gasteiger partial charge in [-0.05, 0) is 12.2 Å². The Hall–Kier alpha value is -0.550. The predicted octanol–water partition coefficient (Wildman–Crippen LogP) is -3.05. The molecule has 6 atom stereocenters. The van der Waals surface area contributed by atoms with E-state index in [-0.39, 0.29) is 6.23 Å². The van der Waals surface area contributed by atoms with Crippen molar-refractivity contribution >= 4 is 17.3 Å². The molecule has 1 unspecified atom stereocenters. The fraction of sp³-hybridized carbons (Fsp3) is 0.900. The summed E-state index contributed by atoms with van der Waals surface area (Å²) in [6.45, 7) is -0.212. The van der Waals surface area contributed by atoms with Crippen molar-refractivity contribution in [3.8, 4) is 0 Å². The van der Waals surface area contributed by atoms with Crippen LogP contribution in [0.5, 0.6) is 0 Å². The van der Waals surface area contributed by atoms with Gasteiger partial charge in [0.15, 0.2) is 11.3 Å². The van der Waals surface area contributed by atoms with Crippen LogP contribution < -0.4 is 5.32 Å². The van der Waals surface area contributed by atoms with Crippen molar-refractivity contribution in [1.82, 2.24) is 10.2 Å². The molecule has 2 aliphatic heterocycles. The van der Waals surface area contributed by atoms with Crippen LogP contribution in [0.3, 0.4) is 0 Å². The van der Waals surface area contributed by atoms with Crippen LogP contribution in [0.15, 0.2) is 0 Å². The van der Waals surface area contributed by atoms with Gasteiger partial charge in [0.05, 0.1) is 13.2 Å². The molecule has 0 saturated carbocycles. The fourth-order valence-electron chi connectivity index (χ4n) is 2.25. The molecule has 19 heavy (non-hydrogen) atoms. The van der Waals surface area contributed by atoms with Crippen molar-refractivity contribution in [2.75, 3.05) is 20.3 Å². The van der Waals surface area contributed by atoms with Gasteiger partial charge in [-0.25, -0.2) is 0 Å². The number of thiocarbonyl (C=S) groups is 1. The first-order chi connectivity index (χ1) is 8.99. The van der Waals surface area contributed by atoms with E-state index in [1.165, 1.54) is 7.11 Å². The Bertz CT molecular complexity index is 346. The highest BCUT2D eigenvalue weighted by Gasteiger charge is 2.50.